The van der Waals surface area contributed by atoms with Gasteiger partial charge < -0.3 is 18.9 Å². The summed E-state index contributed by atoms with van der Waals surface area (Å²) in [5.41, 5.74) is 2.11. The zero-order valence-corrected chi connectivity index (χ0v) is 17.6. The summed E-state index contributed by atoms with van der Waals surface area (Å²) in [7, 11) is 0. The molecule has 2 aromatic heterocycles. The van der Waals surface area contributed by atoms with E-state index in [1.54, 1.807) is 6.07 Å². The lowest BCUT2D eigenvalue weighted by molar-refractivity contribution is 0.0627. The number of ether oxygens (including phenoxy) is 2. The van der Waals surface area contributed by atoms with E-state index in [1.807, 2.05) is 35.5 Å². The number of H-pyrrole nitrogens is 1. The van der Waals surface area contributed by atoms with Crippen LogP contribution in [0.2, 0.25) is 0 Å². The second-order valence-corrected chi connectivity index (χ2v) is 7.76. The normalized spacial score (nSPS) is 16.1. The van der Waals surface area contributed by atoms with Crippen molar-refractivity contribution in [2.45, 2.75) is 19.9 Å². The number of hydrogen-bond acceptors (Lipinski definition) is 6. The Morgan fingerprint density at radius 3 is 2.77 bits per heavy atom. The van der Waals surface area contributed by atoms with Gasteiger partial charge in [0.25, 0.3) is 5.91 Å². The number of carbonyl (C=O) groups excluding carboxylic acids is 1. The average Bonchev–Trinajstić information content (AvgIpc) is 3.57. The van der Waals surface area contributed by atoms with Gasteiger partial charge in [-0.2, -0.15) is 5.10 Å². The van der Waals surface area contributed by atoms with Gasteiger partial charge in [0.2, 0.25) is 6.79 Å². The maximum absolute atomic E-state index is 12.9. The van der Waals surface area contributed by atoms with Crippen LogP contribution in [0.25, 0.3) is 11.3 Å². The van der Waals surface area contributed by atoms with Crippen molar-refractivity contribution >= 4 is 5.91 Å². The smallest absolute Gasteiger partial charge is 0.271 e. The van der Waals surface area contributed by atoms with E-state index in [2.05, 4.69) is 31.6 Å². The molecule has 0 aliphatic carbocycles. The molecular weight excluding hydrogens is 396 g/mol. The van der Waals surface area contributed by atoms with Gasteiger partial charge in [-0.05, 0) is 24.3 Å². The second-order valence-electron chi connectivity index (χ2n) is 7.76. The van der Waals surface area contributed by atoms with Crippen LogP contribution < -0.4 is 9.47 Å². The fraction of sp³-hybridized carbons (Fsp3) is 0.409. The molecule has 9 heteroatoms. The van der Waals surface area contributed by atoms with E-state index < -0.39 is 0 Å². The van der Waals surface area contributed by atoms with Crippen LogP contribution in [-0.2, 0) is 13.0 Å². The summed E-state index contributed by atoms with van der Waals surface area (Å²) in [5.74, 6) is 2.53. The summed E-state index contributed by atoms with van der Waals surface area (Å²) >= 11 is 0. The molecule has 1 fully saturated rings. The van der Waals surface area contributed by atoms with Crippen molar-refractivity contribution in [1.29, 1.82) is 0 Å². The number of carbonyl (C=O) groups is 1. The quantitative estimate of drug-likeness (QED) is 0.654. The van der Waals surface area contributed by atoms with Crippen LogP contribution >= 0.6 is 0 Å². The Labute approximate surface area is 180 Å². The highest BCUT2D eigenvalue weighted by molar-refractivity contribution is 5.93. The second kappa shape index (κ2) is 8.43. The first-order valence-electron chi connectivity index (χ1n) is 10.7. The van der Waals surface area contributed by atoms with E-state index in [0.29, 0.717) is 30.2 Å². The molecule has 0 saturated carbocycles. The maximum Gasteiger partial charge on any atom is 0.271 e. The van der Waals surface area contributed by atoms with Crippen LogP contribution in [0.3, 0.4) is 0 Å². The molecule has 1 aromatic carbocycles. The molecule has 3 aromatic rings. The molecule has 4 heterocycles. The average molecular weight is 422 g/mol. The van der Waals surface area contributed by atoms with Crippen LogP contribution in [-0.4, -0.2) is 75.0 Å². The van der Waals surface area contributed by atoms with Crippen molar-refractivity contribution in [2.75, 3.05) is 39.5 Å². The van der Waals surface area contributed by atoms with E-state index in [-0.39, 0.29) is 12.7 Å². The summed E-state index contributed by atoms with van der Waals surface area (Å²) < 4.78 is 13.0. The van der Waals surface area contributed by atoms with Crippen LogP contribution in [0.1, 0.15) is 23.2 Å². The lowest BCUT2D eigenvalue weighted by Crippen LogP contribution is -2.49. The van der Waals surface area contributed by atoms with Gasteiger partial charge >= 0.3 is 0 Å². The zero-order valence-electron chi connectivity index (χ0n) is 17.6. The van der Waals surface area contributed by atoms with Gasteiger partial charge in [0, 0.05) is 63.6 Å². The molecule has 5 rings (SSSR count). The number of nitrogens with zero attached hydrogens (tertiary/aromatic N) is 5. The van der Waals surface area contributed by atoms with E-state index in [4.69, 9.17) is 9.47 Å². The van der Waals surface area contributed by atoms with Crippen molar-refractivity contribution in [1.82, 2.24) is 29.5 Å². The monoisotopic (exact) mass is 422 g/mol. The van der Waals surface area contributed by atoms with Crippen molar-refractivity contribution in [2.24, 2.45) is 0 Å². The summed E-state index contributed by atoms with van der Waals surface area (Å²) in [4.78, 5) is 21.6. The van der Waals surface area contributed by atoms with Crippen molar-refractivity contribution in [3.8, 4) is 22.8 Å². The van der Waals surface area contributed by atoms with Crippen molar-refractivity contribution in [3.05, 3.63) is 48.2 Å². The topological polar surface area (TPSA) is 88.5 Å². The van der Waals surface area contributed by atoms with Gasteiger partial charge in [-0.1, -0.05) is 6.92 Å². The molecule has 9 nitrogen and oxygen atoms in total. The minimum atomic E-state index is -0.0120. The Morgan fingerprint density at radius 1 is 1.10 bits per heavy atom. The first kappa shape index (κ1) is 19.6. The highest BCUT2D eigenvalue weighted by atomic mass is 16.7. The van der Waals surface area contributed by atoms with E-state index in [9.17, 15) is 4.79 Å². The van der Waals surface area contributed by atoms with Gasteiger partial charge in [0.05, 0.1) is 5.69 Å². The van der Waals surface area contributed by atoms with E-state index in [0.717, 1.165) is 49.7 Å². The summed E-state index contributed by atoms with van der Waals surface area (Å²) in [6.07, 6.45) is 4.83. The number of piperazine rings is 1. The number of aromatic amines is 1. The van der Waals surface area contributed by atoms with Gasteiger partial charge in [-0.25, -0.2) is 4.98 Å². The molecule has 1 N–H and O–H groups in total. The Balaban J connectivity index is 1.16. The predicted octanol–water partition coefficient (Wildman–Crippen LogP) is 2.02. The largest absolute Gasteiger partial charge is 0.454 e. The number of nitrogens with one attached hydrogen (secondary N) is 1. The molecule has 0 radical (unpaired) electrons. The number of hydrogen-bond donors (Lipinski definition) is 1. The first-order valence-corrected chi connectivity index (χ1v) is 10.7. The third-order valence-corrected chi connectivity index (χ3v) is 5.91. The van der Waals surface area contributed by atoms with Crippen molar-refractivity contribution in [3.63, 3.8) is 0 Å². The van der Waals surface area contributed by atoms with Gasteiger partial charge in [-0.3, -0.25) is 14.8 Å². The number of amides is 1. The number of benzene rings is 1. The third-order valence-electron chi connectivity index (χ3n) is 5.91. The third kappa shape index (κ3) is 4.00. The molecule has 2 aliphatic rings. The summed E-state index contributed by atoms with van der Waals surface area (Å²) in [5, 5.41) is 7.23. The number of rotatable bonds is 6. The Morgan fingerprint density at radius 2 is 1.94 bits per heavy atom. The number of imidazole rings is 1. The highest BCUT2D eigenvalue weighted by Crippen LogP contribution is 2.35. The molecule has 0 atom stereocenters. The van der Waals surface area contributed by atoms with Crippen LogP contribution in [0.15, 0.2) is 36.7 Å². The Bertz CT molecular complexity index is 1070. The minimum absolute atomic E-state index is 0.0120. The maximum atomic E-state index is 12.9. The summed E-state index contributed by atoms with van der Waals surface area (Å²) in [6.45, 7) is 7.40. The molecule has 162 valence electrons. The molecule has 0 spiro atoms. The highest BCUT2D eigenvalue weighted by Gasteiger charge is 2.24. The lowest BCUT2D eigenvalue weighted by atomic mass is 10.1. The first-order chi connectivity index (χ1) is 15.2. The molecule has 0 bridgehead atoms. The molecule has 1 amide bonds. The van der Waals surface area contributed by atoms with Gasteiger partial charge in [-0.15, -0.1) is 0 Å². The fourth-order valence-electron chi connectivity index (χ4n) is 4.09. The SMILES string of the molecule is CCc1nccn1CCN1CCN(C(=O)c2cc(-c3ccc4c(c3)OCO4)n[nH]2)CC1. The van der Waals surface area contributed by atoms with Crippen LogP contribution in [0.5, 0.6) is 11.5 Å². The molecule has 2 aliphatic heterocycles. The summed E-state index contributed by atoms with van der Waals surface area (Å²) in [6, 6.07) is 7.47. The lowest BCUT2D eigenvalue weighted by Gasteiger charge is -2.34. The molecule has 1 saturated heterocycles. The Hall–Kier alpha value is -3.33. The number of aryl methyl sites for hydroxylation is 1. The van der Waals surface area contributed by atoms with E-state index >= 15 is 0 Å². The van der Waals surface area contributed by atoms with E-state index in [1.165, 1.54) is 0 Å². The number of aromatic nitrogens is 4. The molecule has 31 heavy (non-hydrogen) atoms. The Kier molecular flexibility index (Phi) is 5.33. The van der Waals surface area contributed by atoms with Crippen LogP contribution in [0, 0.1) is 0 Å². The van der Waals surface area contributed by atoms with Crippen molar-refractivity contribution < 1.29 is 14.3 Å². The van der Waals surface area contributed by atoms with Gasteiger partial charge in [0.1, 0.15) is 11.5 Å². The minimum Gasteiger partial charge on any atom is -0.454 e. The predicted molar refractivity (Wildman–Crippen MR) is 114 cm³/mol. The molecule has 0 unspecified atom stereocenters. The molecular formula is C22H26N6O3. The number of fused-ring (bicyclic) bond motifs is 1. The standard InChI is InChI=1S/C22H26N6O3/c1-2-21-23-5-6-27(21)10-7-26-8-11-28(12-9-26)22(29)18-14-17(24-25-18)16-3-4-19-20(13-16)31-15-30-19/h3-6,13-14H,2,7-12,15H2,1H3,(H,24,25). The van der Waals surface area contributed by atoms with Gasteiger partial charge in [0.15, 0.2) is 11.5 Å². The van der Waals surface area contributed by atoms with Crippen LogP contribution in [0.4, 0.5) is 0 Å². The zero-order chi connectivity index (χ0) is 21.2. The fourth-order valence-corrected chi connectivity index (χ4v) is 4.09.